The summed E-state index contributed by atoms with van der Waals surface area (Å²) < 4.78 is 7.02. The van der Waals surface area contributed by atoms with Crippen molar-refractivity contribution in [3.8, 4) is 0 Å². The van der Waals surface area contributed by atoms with Crippen molar-refractivity contribution in [2.24, 2.45) is 7.05 Å². The molecular formula is C14H26ClN3O. The molecule has 1 atom stereocenters. The Labute approximate surface area is 121 Å². The molecule has 0 aliphatic carbocycles. The fourth-order valence-corrected chi connectivity index (χ4v) is 2.47. The predicted molar refractivity (Wildman–Crippen MR) is 79.9 cm³/mol. The molecule has 0 amide bonds. The van der Waals surface area contributed by atoms with Crippen LogP contribution in [0.3, 0.4) is 0 Å². The maximum atomic E-state index is 6.32. The number of methoxy groups -OCH3 is 1. The summed E-state index contributed by atoms with van der Waals surface area (Å²) in [4.78, 5) is 0. The summed E-state index contributed by atoms with van der Waals surface area (Å²) in [7, 11) is 3.70. The Morgan fingerprint density at radius 1 is 1.47 bits per heavy atom. The molecule has 1 heterocycles. The maximum absolute atomic E-state index is 6.32. The van der Waals surface area contributed by atoms with Crippen molar-refractivity contribution in [3.63, 3.8) is 0 Å². The molecule has 1 aromatic heterocycles. The fraction of sp³-hybridized carbons (Fsp3) is 0.786. The van der Waals surface area contributed by atoms with Gasteiger partial charge in [-0.1, -0.05) is 18.5 Å². The van der Waals surface area contributed by atoms with Crippen LogP contribution in [0.15, 0.2) is 0 Å². The van der Waals surface area contributed by atoms with Gasteiger partial charge in [-0.15, -0.1) is 0 Å². The number of nitrogens with zero attached hydrogens (tertiary/aromatic N) is 2. The monoisotopic (exact) mass is 287 g/mol. The van der Waals surface area contributed by atoms with E-state index in [1.54, 1.807) is 7.11 Å². The normalized spacial score (nSPS) is 12.9. The van der Waals surface area contributed by atoms with Crippen molar-refractivity contribution < 1.29 is 4.74 Å². The highest BCUT2D eigenvalue weighted by Gasteiger charge is 2.16. The highest BCUT2D eigenvalue weighted by molar-refractivity contribution is 6.31. The van der Waals surface area contributed by atoms with Gasteiger partial charge in [0, 0.05) is 33.2 Å². The number of ether oxygens (including phenoxy) is 1. The van der Waals surface area contributed by atoms with Crippen molar-refractivity contribution in [1.82, 2.24) is 15.1 Å². The summed E-state index contributed by atoms with van der Waals surface area (Å²) in [6, 6.07) is 0.433. The lowest BCUT2D eigenvalue weighted by Gasteiger charge is -2.18. The molecule has 0 aliphatic rings. The van der Waals surface area contributed by atoms with E-state index in [2.05, 4.69) is 17.3 Å². The molecular weight excluding hydrogens is 262 g/mol. The van der Waals surface area contributed by atoms with Gasteiger partial charge < -0.3 is 10.1 Å². The zero-order valence-corrected chi connectivity index (χ0v) is 13.3. The molecule has 0 radical (unpaired) electrons. The molecule has 1 rings (SSSR count). The number of rotatable bonds is 9. The van der Waals surface area contributed by atoms with Gasteiger partial charge in [-0.3, -0.25) is 4.68 Å². The first kappa shape index (κ1) is 16.5. The first-order valence-electron chi connectivity index (χ1n) is 7.00. The van der Waals surface area contributed by atoms with Crippen LogP contribution in [0.5, 0.6) is 0 Å². The molecule has 0 saturated heterocycles. The SMILES string of the molecule is CCCNC(CCCOC)Cc1c(Cl)c(C)nn1C. The van der Waals surface area contributed by atoms with Crippen molar-refractivity contribution in [2.45, 2.75) is 45.6 Å². The molecule has 4 nitrogen and oxygen atoms in total. The standard InChI is InChI=1S/C14H26ClN3O/c1-5-8-16-12(7-6-9-19-4)10-13-14(15)11(2)17-18(13)3/h12,16H,5-10H2,1-4H3. The van der Waals surface area contributed by atoms with Gasteiger partial charge >= 0.3 is 0 Å². The number of aryl methyl sites for hydroxylation is 2. The molecule has 1 aromatic rings. The molecule has 1 N–H and O–H groups in total. The van der Waals surface area contributed by atoms with E-state index in [0.29, 0.717) is 6.04 Å². The van der Waals surface area contributed by atoms with Crippen molar-refractivity contribution in [3.05, 3.63) is 16.4 Å². The van der Waals surface area contributed by atoms with Crippen molar-refractivity contribution >= 4 is 11.6 Å². The van der Waals surface area contributed by atoms with Crippen LogP contribution in [-0.2, 0) is 18.2 Å². The minimum Gasteiger partial charge on any atom is -0.385 e. The molecule has 0 spiro atoms. The van der Waals surface area contributed by atoms with Crippen molar-refractivity contribution in [2.75, 3.05) is 20.3 Å². The van der Waals surface area contributed by atoms with Gasteiger partial charge in [0.25, 0.3) is 0 Å². The van der Waals surface area contributed by atoms with Crippen LogP contribution >= 0.6 is 11.6 Å². The zero-order valence-electron chi connectivity index (χ0n) is 12.5. The average molecular weight is 288 g/mol. The second-order valence-electron chi connectivity index (χ2n) is 4.96. The van der Waals surface area contributed by atoms with Gasteiger partial charge in [0.2, 0.25) is 0 Å². The van der Waals surface area contributed by atoms with Crippen LogP contribution in [-0.4, -0.2) is 36.1 Å². The summed E-state index contributed by atoms with van der Waals surface area (Å²) >= 11 is 6.32. The van der Waals surface area contributed by atoms with Crippen LogP contribution in [0.2, 0.25) is 5.02 Å². The van der Waals surface area contributed by atoms with E-state index in [4.69, 9.17) is 16.3 Å². The Morgan fingerprint density at radius 2 is 2.21 bits per heavy atom. The average Bonchev–Trinajstić information content (AvgIpc) is 2.62. The van der Waals surface area contributed by atoms with Crippen molar-refractivity contribution in [1.29, 1.82) is 0 Å². The van der Waals surface area contributed by atoms with Gasteiger partial charge in [-0.2, -0.15) is 5.10 Å². The molecule has 0 aromatic carbocycles. The van der Waals surface area contributed by atoms with Gasteiger partial charge in [0.15, 0.2) is 0 Å². The quantitative estimate of drug-likeness (QED) is 0.710. The summed E-state index contributed by atoms with van der Waals surface area (Å²) in [5.74, 6) is 0. The fourth-order valence-electron chi connectivity index (χ4n) is 2.23. The van der Waals surface area contributed by atoms with E-state index in [0.717, 1.165) is 55.2 Å². The molecule has 0 fully saturated rings. The first-order chi connectivity index (χ1) is 9.10. The molecule has 110 valence electrons. The lowest BCUT2D eigenvalue weighted by molar-refractivity contribution is 0.188. The van der Waals surface area contributed by atoms with Crippen LogP contribution in [0, 0.1) is 6.92 Å². The number of hydrogen-bond donors (Lipinski definition) is 1. The minimum absolute atomic E-state index is 0.433. The predicted octanol–water partition coefficient (Wildman–Crippen LogP) is 2.72. The van der Waals surface area contributed by atoms with Gasteiger partial charge in [-0.25, -0.2) is 0 Å². The highest BCUT2D eigenvalue weighted by Crippen LogP contribution is 2.21. The zero-order chi connectivity index (χ0) is 14.3. The van der Waals surface area contributed by atoms with Gasteiger partial charge in [0.05, 0.1) is 16.4 Å². The summed E-state index contributed by atoms with van der Waals surface area (Å²) in [5, 5.41) is 8.76. The van der Waals surface area contributed by atoms with E-state index in [-0.39, 0.29) is 0 Å². The Kier molecular flexibility index (Phi) is 7.42. The van der Waals surface area contributed by atoms with Crippen LogP contribution < -0.4 is 5.32 Å². The van der Waals surface area contributed by atoms with Crippen LogP contribution in [0.4, 0.5) is 0 Å². The molecule has 5 heteroatoms. The largest absolute Gasteiger partial charge is 0.385 e. The third kappa shape index (κ3) is 5.13. The Morgan fingerprint density at radius 3 is 2.74 bits per heavy atom. The number of nitrogens with one attached hydrogen (secondary N) is 1. The molecule has 0 aliphatic heterocycles. The molecule has 0 saturated carbocycles. The van der Waals surface area contributed by atoms with E-state index < -0.39 is 0 Å². The van der Waals surface area contributed by atoms with Crippen LogP contribution in [0.25, 0.3) is 0 Å². The Bertz CT molecular complexity index is 379. The molecule has 19 heavy (non-hydrogen) atoms. The van der Waals surface area contributed by atoms with Gasteiger partial charge in [0.1, 0.15) is 0 Å². The summed E-state index contributed by atoms with van der Waals surface area (Å²) in [5.41, 5.74) is 2.02. The molecule has 0 bridgehead atoms. The third-order valence-electron chi connectivity index (χ3n) is 3.29. The maximum Gasteiger partial charge on any atom is 0.0847 e. The number of halogens is 1. The lowest BCUT2D eigenvalue weighted by atomic mass is 10.1. The number of hydrogen-bond acceptors (Lipinski definition) is 3. The van der Waals surface area contributed by atoms with E-state index in [1.165, 1.54) is 0 Å². The number of aromatic nitrogens is 2. The smallest absolute Gasteiger partial charge is 0.0847 e. The van der Waals surface area contributed by atoms with Crippen LogP contribution in [0.1, 0.15) is 37.6 Å². The molecule has 1 unspecified atom stereocenters. The second-order valence-corrected chi connectivity index (χ2v) is 5.34. The van der Waals surface area contributed by atoms with Gasteiger partial charge in [-0.05, 0) is 32.7 Å². The Hall–Kier alpha value is -0.580. The summed E-state index contributed by atoms with van der Waals surface area (Å²) in [6.45, 7) is 5.97. The topological polar surface area (TPSA) is 39.1 Å². The Balaban J connectivity index is 2.64. The highest BCUT2D eigenvalue weighted by atomic mass is 35.5. The third-order valence-corrected chi connectivity index (χ3v) is 3.78. The minimum atomic E-state index is 0.433. The first-order valence-corrected chi connectivity index (χ1v) is 7.38. The van der Waals surface area contributed by atoms with E-state index in [9.17, 15) is 0 Å². The lowest BCUT2D eigenvalue weighted by Crippen LogP contribution is -2.32. The second kappa shape index (κ2) is 8.56. The summed E-state index contributed by atoms with van der Waals surface area (Å²) in [6.07, 6.45) is 4.21. The van der Waals surface area contributed by atoms with E-state index >= 15 is 0 Å². The van der Waals surface area contributed by atoms with E-state index in [1.807, 2.05) is 18.7 Å².